The quantitative estimate of drug-likeness (QED) is 0.328. The second-order valence-electron chi connectivity index (χ2n) is 4.80. The van der Waals surface area contributed by atoms with Gasteiger partial charge >= 0.3 is 12.4 Å². The van der Waals surface area contributed by atoms with Gasteiger partial charge in [-0.3, -0.25) is 0 Å². The summed E-state index contributed by atoms with van der Waals surface area (Å²) in [6, 6.07) is 1.75. The van der Waals surface area contributed by atoms with Gasteiger partial charge in [0.2, 0.25) is 5.84 Å². The molecule has 0 radical (unpaired) electrons. The molecule has 1 rings (SSSR count). The van der Waals surface area contributed by atoms with Gasteiger partial charge in [-0.1, -0.05) is 0 Å². The third-order valence-corrected chi connectivity index (χ3v) is 3.76. The minimum absolute atomic E-state index is 0.0164. The Hall–Kier alpha value is -1.45. The van der Waals surface area contributed by atoms with Crippen molar-refractivity contribution in [3.05, 3.63) is 23.5 Å². The standard InChI is InChI=1S/C13H13F7N2S/c1-7-4-8(14)9(5-10(7)23-6-12(15,16)17)21-11(22(2)3)13(18,19)20/h4-5H,6H2,1-3H3/b21-11+. The van der Waals surface area contributed by atoms with Crippen molar-refractivity contribution in [3.8, 4) is 0 Å². The lowest BCUT2D eigenvalue weighted by Gasteiger charge is -2.18. The molecule has 0 aliphatic rings. The number of aryl methyl sites for hydroxylation is 1. The maximum absolute atomic E-state index is 13.8. The molecule has 0 bridgehead atoms. The fourth-order valence-electron chi connectivity index (χ4n) is 1.57. The zero-order valence-electron chi connectivity index (χ0n) is 12.3. The van der Waals surface area contributed by atoms with Crippen LogP contribution in [0.5, 0.6) is 0 Å². The average molecular weight is 362 g/mol. The van der Waals surface area contributed by atoms with Crippen LogP contribution < -0.4 is 0 Å². The van der Waals surface area contributed by atoms with Crippen LogP contribution in [0.25, 0.3) is 0 Å². The summed E-state index contributed by atoms with van der Waals surface area (Å²) in [5, 5.41) is 0. The maximum atomic E-state index is 13.8. The number of benzene rings is 1. The van der Waals surface area contributed by atoms with Crippen molar-refractivity contribution in [3.63, 3.8) is 0 Å². The van der Waals surface area contributed by atoms with E-state index in [1.807, 2.05) is 0 Å². The van der Waals surface area contributed by atoms with Crippen LogP contribution in [0.4, 0.5) is 36.4 Å². The molecule has 0 spiro atoms. The first-order chi connectivity index (χ1) is 10.3. The van der Waals surface area contributed by atoms with E-state index >= 15 is 0 Å². The Labute approximate surface area is 132 Å². The Bertz CT molecular complexity index is 591. The third kappa shape index (κ3) is 5.92. The van der Waals surface area contributed by atoms with Gasteiger partial charge in [0.25, 0.3) is 0 Å². The molecule has 10 heteroatoms. The van der Waals surface area contributed by atoms with Crippen molar-refractivity contribution in [1.29, 1.82) is 0 Å². The van der Waals surface area contributed by atoms with E-state index in [0.717, 1.165) is 26.2 Å². The SMILES string of the molecule is Cc1cc(F)c(/N=C(/N(C)C)C(F)(F)F)cc1SCC(F)(F)F. The van der Waals surface area contributed by atoms with Crippen molar-refractivity contribution in [2.45, 2.75) is 24.2 Å². The molecule has 0 saturated heterocycles. The van der Waals surface area contributed by atoms with Gasteiger partial charge in [-0.15, -0.1) is 11.8 Å². The molecule has 0 atom stereocenters. The number of halogens is 7. The molecule has 0 amide bonds. The summed E-state index contributed by atoms with van der Waals surface area (Å²) in [5.41, 5.74) is -0.476. The molecule has 0 saturated carbocycles. The lowest BCUT2D eigenvalue weighted by molar-refractivity contribution is -0.105. The second-order valence-corrected chi connectivity index (χ2v) is 5.82. The highest BCUT2D eigenvalue weighted by atomic mass is 32.2. The fourth-order valence-corrected chi connectivity index (χ4v) is 2.37. The number of rotatable bonds is 3. The molecule has 0 aliphatic carbocycles. The zero-order chi connectivity index (χ0) is 18.0. The molecule has 0 aliphatic heterocycles. The smallest absolute Gasteiger partial charge is 0.359 e. The van der Waals surface area contributed by atoms with Gasteiger partial charge in [-0.05, 0) is 24.6 Å². The summed E-state index contributed by atoms with van der Waals surface area (Å²) in [6.45, 7) is 1.37. The van der Waals surface area contributed by atoms with Crippen molar-refractivity contribution >= 4 is 23.3 Å². The minimum atomic E-state index is -4.82. The van der Waals surface area contributed by atoms with Crippen molar-refractivity contribution in [2.75, 3.05) is 19.8 Å². The van der Waals surface area contributed by atoms with Gasteiger partial charge in [0, 0.05) is 19.0 Å². The first kappa shape index (κ1) is 19.6. The number of nitrogens with zero attached hydrogens (tertiary/aromatic N) is 2. The largest absolute Gasteiger partial charge is 0.449 e. The fraction of sp³-hybridized carbons (Fsp3) is 0.462. The lowest BCUT2D eigenvalue weighted by Crippen LogP contribution is -2.36. The number of amidine groups is 1. The first-order valence-electron chi connectivity index (χ1n) is 6.14. The molecule has 0 aromatic heterocycles. The molecular formula is C13H13F7N2S. The van der Waals surface area contributed by atoms with Crippen molar-refractivity contribution < 1.29 is 30.7 Å². The molecule has 1 aromatic rings. The van der Waals surface area contributed by atoms with Crippen LogP contribution in [0, 0.1) is 12.7 Å². The highest BCUT2D eigenvalue weighted by Crippen LogP contribution is 2.34. The van der Waals surface area contributed by atoms with Crippen LogP contribution in [-0.4, -0.2) is 42.9 Å². The minimum Gasteiger partial charge on any atom is -0.359 e. The van der Waals surface area contributed by atoms with Gasteiger partial charge < -0.3 is 4.90 Å². The van der Waals surface area contributed by atoms with Crippen LogP contribution in [0.15, 0.2) is 22.0 Å². The number of thioether (sulfide) groups is 1. The van der Waals surface area contributed by atoms with E-state index < -0.39 is 35.4 Å². The van der Waals surface area contributed by atoms with Crippen LogP contribution in [0.3, 0.4) is 0 Å². The topological polar surface area (TPSA) is 15.6 Å². The average Bonchev–Trinajstić information content (AvgIpc) is 2.33. The van der Waals surface area contributed by atoms with E-state index in [1.54, 1.807) is 0 Å². The molecule has 0 unspecified atom stereocenters. The summed E-state index contributed by atoms with van der Waals surface area (Å²) in [6.07, 6.45) is -9.27. The molecular weight excluding hydrogens is 349 g/mol. The number of hydrogen-bond acceptors (Lipinski definition) is 2. The van der Waals surface area contributed by atoms with E-state index in [-0.39, 0.29) is 10.5 Å². The monoisotopic (exact) mass is 362 g/mol. The molecule has 0 heterocycles. The number of hydrogen-bond donors (Lipinski definition) is 0. The Morgan fingerprint density at radius 1 is 1.13 bits per heavy atom. The van der Waals surface area contributed by atoms with Crippen molar-refractivity contribution in [1.82, 2.24) is 4.90 Å². The van der Waals surface area contributed by atoms with Crippen molar-refractivity contribution in [2.24, 2.45) is 4.99 Å². The van der Waals surface area contributed by atoms with Gasteiger partial charge in [0.15, 0.2) is 0 Å². The van der Waals surface area contributed by atoms with E-state index in [0.29, 0.717) is 16.7 Å². The predicted octanol–water partition coefficient (Wildman–Crippen LogP) is 4.94. The normalized spacial score (nSPS) is 13.4. The second kappa shape index (κ2) is 6.98. The first-order valence-corrected chi connectivity index (χ1v) is 7.12. The Kier molecular flexibility index (Phi) is 5.95. The van der Waals surface area contributed by atoms with Gasteiger partial charge in [0.1, 0.15) is 11.5 Å². The summed E-state index contributed by atoms with van der Waals surface area (Å²) in [5.74, 6) is -3.63. The maximum Gasteiger partial charge on any atom is 0.449 e. The van der Waals surface area contributed by atoms with Crippen LogP contribution >= 0.6 is 11.8 Å². The molecule has 2 nitrogen and oxygen atoms in total. The zero-order valence-corrected chi connectivity index (χ0v) is 13.1. The van der Waals surface area contributed by atoms with Crippen LogP contribution in [0.1, 0.15) is 5.56 Å². The van der Waals surface area contributed by atoms with E-state index in [4.69, 9.17) is 0 Å². The summed E-state index contributed by atoms with van der Waals surface area (Å²) < 4.78 is 89.0. The lowest BCUT2D eigenvalue weighted by atomic mass is 10.2. The van der Waals surface area contributed by atoms with E-state index in [9.17, 15) is 30.7 Å². The summed E-state index contributed by atoms with van der Waals surface area (Å²) >= 11 is 0.364. The number of aliphatic imine (C=N–C) groups is 1. The Morgan fingerprint density at radius 2 is 1.70 bits per heavy atom. The van der Waals surface area contributed by atoms with Gasteiger partial charge in [-0.25, -0.2) is 9.38 Å². The highest BCUT2D eigenvalue weighted by molar-refractivity contribution is 7.99. The molecule has 23 heavy (non-hydrogen) atoms. The number of alkyl halides is 6. The van der Waals surface area contributed by atoms with Gasteiger partial charge in [-0.2, -0.15) is 26.3 Å². The summed E-state index contributed by atoms with van der Waals surface area (Å²) in [4.78, 5) is 3.89. The molecule has 130 valence electrons. The van der Waals surface area contributed by atoms with Crippen LogP contribution in [-0.2, 0) is 0 Å². The highest BCUT2D eigenvalue weighted by Gasteiger charge is 2.38. The Morgan fingerprint density at radius 3 is 2.13 bits per heavy atom. The Balaban J connectivity index is 3.26. The van der Waals surface area contributed by atoms with E-state index in [2.05, 4.69) is 4.99 Å². The third-order valence-electron chi connectivity index (χ3n) is 2.54. The molecule has 0 N–H and O–H groups in total. The van der Waals surface area contributed by atoms with E-state index in [1.165, 1.54) is 6.92 Å². The van der Waals surface area contributed by atoms with Crippen LogP contribution in [0.2, 0.25) is 0 Å². The molecule has 1 aromatic carbocycles. The van der Waals surface area contributed by atoms with Gasteiger partial charge in [0.05, 0.1) is 5.75 Å². The summed E-state index contributed by atoms with van der Waals surface area (Å²) in [7, 11) is 2.16. The predicted molar refractivity (Wildman–Crippen MR) is 74.8 cm³/mol. The molecule has 0 fully saturated rings.